The third-order valence-corrected chi connectivity index (χ3v) is 3.44. The van der Waals surface area contributed by atoms with E-state index >= 15 is 0 Å². The van der Waals surface area contributed by atoms with E-state index < -0.39 is 4.92 Å². The van der Waals surface area contributed by atoms with E-state index in [1.54, 1.807) is 0 Å². The van der Waals surface area contributed by atoms with E-state index in [0.717, 1.165) is 26.0 Å². The highest BCUT2D eigenvalue weighted by Gasteiger charge is 2.10. The summed E-state index contributed by atoms with van der Waals surface area (Å²) in [5, 5.41) is 13.8. The maximum absolute atomic E-state index is 10.6. The molecule has 1 aromatic heterocycles. The van der Waals surface area contributed by atoms with Crippen LogP contribution in [-0.2, 0) is 4.74 Å². The minimum Gasteiger partial charge on any atom is -0.377 e. The fourth-order valence-corrected chi connectivity index (χ4v) is 2.27. The van der Waals surface area contributed by atoms with Crippen LogP contribution >= 0.6 is 15.9 Å². The Morgan fingerprint density at radius 3 is 3.05 bits per heavy atom. The van der Waals surface area contributed by atoms with Crippen molar-refractivity contribution in [3.63, 3.8) is 0 Å². The van der Waals surface area contributed by atoms with Crippen molar-refractivity contribution in [3.8, 4) is 0 Å². The van der Waals surface area contributed by atoms with E-state index in [2.05, 4.69) is 32.3 Å². The SMILES string of the molecule is O=[N+]([O-])c1cnc(NCCC2=CCOCC2)c(Br)c1. The Labute approximate surface area is 119 Å². The quantitative estimate of drug-likeness (QED) is 0.511. The molecule has 0 bridgehead atoms. The number of anilines is 1. The van der Waals surface area contributed by atoms with E-state index in [-0.39, 0.29) is 5.69 Å². The molecule has 0 atom stereocenters. The summed E-state index contributed by atoms with van der Waals surface area (Å²) < 4.78 is 5.84. The highest BCUT2D eigenvalue weighted by Crippen LogP contribution is 2.24. The number of nitro groups is 1. The number of hydrogen-bond donors (Lipinski definition) is 1. The van der Waals surface area contributed by atoms with Gasteiger partial charge in [-0.1, -0.05) is 11.6 Å². The molecule has 0 spiro atoms. The van der Waals surface area contributed by atoms with E-state index in [1.165, 1.54) is 17.8 Å². The van der Waals surface area contributed by atoms with Crippen molar-refractivity contribution in [2.24, 2.45) is 0 Å². The maximum atomic E-state index is 10.6. The molecule has 0 saturated heterocycles. The van der Waals surface area contributed by atoms with Crippen molar-refractivity contribution in [2.45, 2.75) is 12.8 Å². The number of nitrogens with zero attached hydrogens (tertiary/aromatic N) is 2. The number of hydrogen-bond acceptors (Lipinski definition) is 5. The first-order chi connectivity index (χ1) is 9.16. The third kappa shape index (κ3) is 4.00. The normalized spacial score (nSPS) is 14.9. The zero-order valence-corrected chi connectivity index (χ0v) is 11.9. The third-order valence-electron chi connectivity index (χ3n) is 2.83. The van der Waals surface area contributed by atoms with Gasteiger partial charge in [-0.3, -0.25) is 10.1 Å². The van der Waals surface area contributed by atoms with Gasteiger partial charge in [-0.15, -0.1) is 0 Å². The number of halogens is 1. The van der Waals surface area contributed by atoms with Gasteiger partial charge in [0.05, 0.1) is 22.6 Å². The number of aromatic nitrogens is 1. The highest BCUT2D eigenvalue weighted by molar-refractivity contribution is 9.10. The van der Waals surface area contributed by atoms with Gasteiger partial charge in [0, 0.05) is 12.6 Å². The topological polar surface area (TPSA) is 77.3 Å². The maximum Gasteiger partial charge on any atom is 0.288 e. The lowest BCUT2D eigenvalue weighted by Gasteiger charge is -2.14. The predicted molar refractivity (Wildman–Crippen MR) is 75.2 cm³/mol. The predicted octanol–water partition coefficient (Wildman–Crippen LogP) is 2.90. The summed E-state index contributed by atoms with van der Waals surface area (Å²) in [6.07, 6.45) is 5.25. The Balaban J connectivity index is 1.89. The van der Waals surface area contributed by atoms with Crippen molar-refractivity contribution in [3.05, 3.63) is 38.5 Å². The summed E-state index contributed by atoms with van der Waals surface area (Å²) in [5.74, 6) is 0.623. The average Bonchev–Trinajstić information content (AvgIpc) is 2.41. The van der Waals surface area contributed by atoms with Crippen LogP contribution in [0.5, 0.6) is 0 Å². The first-order valence-electron chi connectivity index (χ1n) is 5.96. The second-order valence-corrected chi connectivity index (χ2v) is 5.00. The molecule has 0 unspecified atom stereocenters. The molecule has 6 nitrogen and oxygen atoms in total. The van der Waals surface area contributed by atoms with Crippen LogP contribution < -0.4 is 5.32 Å². The second-order valence-electron chi connectivity index (χ2n) is 4.15. The van der Waals surface area contributed by atoms with Gasteiger partial charge in [-0.25, -0.2) is 4.98 Å². The Morgan fingerprint density at radius 1 is 1.58 bits per heavy atom. The zero-order chi connectivity index (χ0) is 13.7. The van der Waals surface area contributed by atoms with Crippen LogP contribution in [0, 0.1) is 10.1 Å². The van der Waals surface area contributed by atoms with Gasteiger partial charge in [0.1, 0.15) is 12.0 Å². The van der Waals surface area contributed by atoms with Crippen LogP contribution in [0.25, 0.3) is 0 Å². The van der Waals surface area contributed by atoms with Crippen LogP contribution in [0.15, 0.2) is 28.4 Å². The van der Waals surface area contributed by atoms with E-state index in [9.17, 15) is 10.1 Å². The molecular weight excluding hydrogens is 314 g/mol. The largest absolute Gasteiger partial charge is 0.377 e. The fraction of sp³-hybridized carbons (Fsp3) is 0.417. The van der Waals surface area contributed by atoms with Crippen molar-refractivity contribution in [1.29, 1.82) is 0 Å². The molecule has 1 aliphatic rings. The molecule has 0 aliphatic carbocycles. The van der Waals surface area contributed by atoms with Crippen LogP contribution in [0.1, 0.15) is 12.8 Å². The summed E-state index contributed by atoms with van der Waals surface area (Å²) in [7, 11) is 0. The molecule has 0 saturated carbocycles. The molecule has 0 radical (unpaired) electrons. The van der Waals surface area contributed by atoms with Crippen LogP contribution in [0.2, 0.25) is 0 Å². The Bertz CT molecular complexity index is 505. The summed E-state index contributed by atoms with van der Waals surface area (Å²) >= 11 is 3.28. The number of rotatable bonds is 5. The molecule has 1 N–H and O–H groups in total. The molecule has 2 rings (SSSR count). The van der Waals surface area contributed by atoms with Gasteiger partial charge < -0.3 is 10.1 Å². The van der Waals surface area contributed by atoms with E-state index in [1.807, 2.05) is 0 Å². The molecule has 0 fully saturated rings. The van der Waals surface area contributed by atoms with Gasteiger partial charge in [-0.2, -0.15) is 0 Å². The number of ether oxygens (including phenoxy) is 1. The molecule has 19 heavy (non-hydrogen) atoms. The minimum absolute atomic E-state index is 0.0236. The van der Waals surface area contributed by atoms with Gasteiger partial charge in [-0.05, 0) is 28.8 Å². The lowest BCUT2D eigenvalue weighted by Crippen LogP contribution is -2.10. The average molecular weight is 328 g/mol. The van der Waals surface area contributed by atoms with Crippen molar-refractivity contribution in [2.75, 3.05) is 25.1 Å². The monoisotopic (exact) mass is 327 g/mol. The molecule has 102 valence electrons. The summed E-state index contributed by atoms with van der Waals surface area (Å²) in [4.78, 5) is 14.2. The second kappa shape index (κ2) is 6.63. The molecule has 2 heterocycles. The molecule has 0 amide bonds. The Hall–Kier alpha value is -1.47. The van der Waals surface area contributed by atoms with Gasteiger partial charge >= 0.3 is 0 Å². The highest BCUT2D eigenvalue weighted by atomic mass is 79.9. The number of nitrogens with one attached hydrogen (secondary N) is 1. The molecular formula is C12H14BrN3O3. The lowest BCUT2D eigenvalue weighted by atomic mass is 10.1. The van der Waals surface area contributed by atoms with Crippen molar-refractivity contribution >= 4 is 27.4 Å². The molecule has 1 aromatic rings. The van der Waals surface area contributed by atoms with Crippen molar-refractivity contribution < 1.29 is 9.66 Å². The summed E-state index contributed by atoms with van der Waals surface area (Å²) in [6, 6.07) is 1.45. The fourth-order valence-electron chi connectivity index (χ4n) is 1.79. The Kier molecular flexibility index (Phi) is 4.86. The van der Waals surface area contributed by atoms with Gasteiger partial charge in [0.15, 0.2) is 0 Å². The van der Waals surface area contributed by atoms with E-state index in [4.69, 9.17) is 4.74 Å². The van der Waals surface area contributed by atoms with E-state index in [0.29, 0.717) is 16.9 Å². The van der Waals surface area contributed by atoms with Gasteiger partial charge in [0.2, 0.25) is 0 Å². The lowest BCUT2D eigenvalue weighted by molar-refractivity contribution is -0.385. The first-order valence-corrected chi connectivity index (χ1v) is 6.75. The minimum atomic E-state index is -0.464. The van der Waals surface area contributed by atoms with Crippen LogP contribution in [0.3, 0.4) is 0 Å². The molecule has 7 heteroatoms. The molecule has 0 aromatic carbocycles. The Morgan fingerprint density at radius 2 is 2.42 bits per heavy atom. The smallest absolute Gasteiger partial charge is 0.288 e. The zero-order valence-electron chi connectivity index (χ0n) is 10.3. The summed E-state index contributed by atoms with van der Waals surface area (Å²) in [5.41, 5.74) is 1.35. The summed E-state index contributed by atoms with van der Waals surface area (Å²) in [6.45, 7) is 2.22. The standard InChI is InChI=1S/C12H14BrN3O3/c13-11-7-10(16(17)18)8-15-12(11)14-4-1-9-2-5-19-6-3-9/h2,7-8H,1,3-6H2,(H,14,15). The molecule has 1 aliphatic heterocycles. The van der Waals surface area contributed by atoms with Gasteiger partial charge in [0.25, 0.3) is 5.69 Å². The number of pyridine rings is 1. The van der Waals surface area contributed by atoms with Crippen LogP contribution in [0.4, 0.5) is 11.5 Å². The van der Waals surface area contributed by atoms with Crippen molar-refractivity contribution in [1.82, 2.24) is 4.98 Å². The first kappa shape index (κ1) is 14.0. The van der Waals surface area contributed by atoms with Crippen LogP contribution in [-0.4, -0.2) is 29.7 Å².